The quantitative estimate of drug-likeness (QED) is 0.285. The van der Waals surface area contributed by atoms with Gasteiger partial charge in [0.2, 0.25) is 5.91 Å². The molecule has 0 atom stereocenters. The molecule has 0 saturated carbocycles. The van der Waals surface area contributed by atoms with Gasteiger partial charge in [0.15, 0.2) is 0 Å². The third kappa shape index (κ3) is 9.43. The van der Waals surface area contributed by atoms with Crippen LogP contribution in [-0.4, -0.2) is 84.2 Å². The molecule has 0 rings (SSSR count). The first-order chi connectivity index (χ1) is 14.1. The van der Waals surface area contributed by atoms with E-state index in [1.54, 1.807) is 49.6 Å². The van der Waals surface area contributed by atoms with Gasteiger partial charge in [-0.05, 0) is 44.4 Å². The van der Waals surface area contributed by atoms with Crippen molar-refractivity contribution in [1.82, 2.24) is 4.90 Å². The SMILES string of the molecule is CCN(CCC(C)(CCC[Si](OC)(OC)OC)CCC[Si](OC)(OC)OC)C(C)=O. The molecule has 8 nitrogen and oxygen atoms in total. The third-order valence-corrected chi connectivity index (χ3v) is 11.9. The molecule has 0 aliphatic carbocycles. The van der Waals surface area contributed by atoms with Gasteiger partial charge in [-0.3, -0.25) is 4.79 Å². The van der Waals surface area contributed by atoms with Crippen LogP contribution in [-0.2, 0) is 31.4 Å². The molecule has 0 bridgehead atoms. The molecule has 0 unspecified atom stereocenters. The molecular formula is C20H45NO7Si2. The van der Waals surface area contributed by atoms with Crippen LogP contribution in [0.2, 0.25) is 12.1 Å². The summed E-state index contributed by atoms with van der Waals surface area (Å²) in [7, 11) is 4.72. The van der Waals surface area contributed by atoms with Crippen molar-refractivity contribution in [3.8, 4) is 0 Å². The van der Waals surface area contributed by atoms with Crippen LogP contribution in [0.15, 0.2) is 0 Å². The standard InChI is InChI=1S/C20H45NO7Si2/c1-10-21(19(2)22)16-15-20(3,13-11-17-29(23-4,24-5)25-6)14-12-18-30(26-7,27-8)28-9/h10-18H2,1-9H3. The van der Waals surface area contributed by atoms with Crippen LogP contribution in [0.1, 0.15) is 52.9 Å². The summed E-state index contributed by atoms with van der Waals surface area (Å²) in [6, 6.07) is 1.53. The molecule has 0 saturated heterocycles. The fraction of sp³-hybridized carbons (Fsp3) is 0.950. The van der Waals surface area contributed by atoms with Gasteiger partial charge in [0.25, 0.3) is 0 Å². The number of nitrogens with zero attached hydrogens (tertiary/aromatic N) is 1. The minimum Gasteiger partial charge on any atom is -0.377 e. The number of carbonyl (C=O) groups is 1. The molecule has 0 radical (unpaired) electrons. The molecular weight excluding hydrogens is 422 g/mol. The van der Waals surface area contributed by atoms with Gasteiger partial charge in [-0.1, -0.05) is 6.92 Å². The second-order valence-corrected chi connectivity index (χ2v) is 14.1. The highest BCUT2D eigenvalue weighted by Crippen LogP contribution is 2.37. The summed E-state index contributed by atoms with van der Waals surface area (Å²) in [5, 5.41) is 0. The van der Waals surface area contributed by atoms with Crippen LogP contribution in [0.3, 0.4) is 0 Å². The summed E-state index contributed by atoms with van der Waals surface area (Å²) in [6.45, 7) is 7.43. The Morgan fingerprint density at radius 1 is 0.767 bits per heavy atom. The minimum atomic E-state index is -2.58. The first kappa shape index (κ1) is 29.7. The van der Waals surface area contributed by atoms with Crippen LogP contribution in [0.25, 0.3) is 0 Å². The Balaban J connectivity index is 5.12. The van der Waals surface area contributed by atoms with Crippen molar-refractivity contribution in [3.05, 3.63) is 0 Å². The second-order valence-electron chi connectivity index (χ2n) is 7.96. The third-order valence-electron chi connectivity index (χ3n) is 6.20. The molecule has 0 aromatic rings. The lowest BCUT2D eigenvalue weighted by molar-refractivity contribution is -0.129. The zero-order valence-corrected chi connectivity index (χ0v) is 22.7. The average molecular weight is 468 g/mol. The van der Waals surface area contributed by atoms with E-state index in [1.165, 1.54) is 0 Å². The average Bonchev–Trinajstić information content (AvgIpc) is 2.75. The minimum absolute atomic E-state index is 0.0631. The zero-order chi connectivity index (χ0) is 23.3. The lowest BCUT2D eigenvalue weighted by Gasteiger charge is -2.34. The van der Waals surface area contributed by atoms with E-state index in [2.05, 4.69) is 6.92 Å². The first-order valence-electron chi connectivity index (χ1n) is 10.7. The van der Waals surface area contributed by atoms with Gasteiger partial charge in [0.1, 0.15) is 0 Å². The molecule has 0 spiro atoms. The largest absolute Gasteiger partial charge is 0.500 e. The summed E-state index contributed by atoms with van der Waals surface area (Å²) in [5.74, 6) is 0.119. The van der Waals surface area contributed by atoms with Gasteiger partial charge in [-0.2, -0.15) is 0 Å². The van der Waals surface area contributed by atoms with Crippen molar-refractivity contribution >= 4 is 23.5 Å². The van der Waals surface area contributed by atoms with E-state index >= 15 is 0 Å². The van der Waals surface area contributed by atoms with Gasteiger partial charge in [-0.25, -0.2) is 0 Å². The summed E-state index contributed by atoms with van der Waals surface area (Å²) in [4.78, 5) is 13.8. The zero-order valence-electron chi connectivity index (χ0n) is 20.7. The van der Waals surface area contributed by atoms with Crippen molar-refractivity contribution in [2.24, 2.45) is 5.41 Å². The molecule has 0 aliphatic heterocycles. The Morgan fingerprint density at radius 3 is 1.40 bits per heavy atom. The van der Waals surface area contributed by atoms with Gasteiger partial charge in [0.05, 0.1) is 0 Å². The van der Waals surface area contributed by atoms with E-state index in [9.17, 15) is 4.79 Å². The molecule has 1 amide bonds. The van der Waals surface area contributed by atoms with Crippen LogP contribution in [0, 0.1) is 5.41 Å². The van der Waals surface area contributed by atoms with Crippen LogP contribution < -0.4 is 0 Å². The summed E-state index contributed by atoms with van der Waals surface area (Å²) >= 11 is 0. The topological polar surface area (TPSA) is 75.7 Å². The predicted octanol–water partition coefficient (Wildman–Crippen LogP) is 3.57. The molecule has 0 aliphatic rings. The summed E-state index contributed by atoms with van der Waals surface area (Å²) in [6.07, 6.45) is 4.80. The molecule has 0 heterocycles. The van der Waals surface area contributed by atoms with Gasteiger partial charge in [-0.15, -0.1) is 0 Å². The molecule has 0 aromatic carbocycles. The Labute approximate surface area is 186 Å². The fourth-order valence-corrected chi connectivity index (χ4v) is 7.34. The fourth-order valence-electron chi connectivity index (χ4n) is 3.89. The van der Waals surface area contributed by atoms with Crippen LogP contribution in [0.4, 0.5) is 0 Å². The van der Waals surface area contributed by atoms with Gasteiger partial charge in [0, 0.05) is 74.8 Å². The summed E-state index contributed by atoms with van der Waals surface area (Å²) < 4.78 is 33.4. The van der Waals surface area contributed by atoms with E-state index in [0.29, 0.717) is 0 Å². The monoisotopic (exact) mass is 467 g/mol. The predicted molar refractivity (Wildman–Crippen MR) is 122 cm³/mol. The molecule has 0 aromatic heterocycles. The molecule has 10 heteroatoms. The lowest BCUT2D eigenvalue weighted by Crippen LogP contribution is -2.43. The Morgan fingerprint density at radius 2 is 1.13 bits per heavy atom. The second kappa shape index (κ2) is 14.7. The van der Waals surface area contributed by atoms with Crippen LogP contribution >= 0.6 is 0 Å². The Hall–Kier alpha value is -0.336. The highest BCUT2D eigenvalue weighted by molar-refractivity contribution is 6.60. The maximum Gasteiger partial charge on any atom is 0.500 e. The number of carbonyl (C=O) groups excluding carboxylic acids is 1. The maximum absolute atomic E-state index is 11.9. The van der Waals surface area contributed by atoms with Crippen molar-refractivity contribution in [2.45, 2.75) is 65.0 Å². The lowest BCUT2D eigenvalue weighted by atomic mass is 9.78. The smallest absolute Gasteiger partial charge is 0.377 e. The Kier molecular flexibility index (Phi) is 14.5. The van der Waals surface area contributed by atoms with Crippen molar-refractivity contribution < 1.29 is 31.4 Å². The highest BCUT2D eigenvalue weighted by Gasteiger charge is 2.40. The molecule has 30 heavy (non-hydrogen) atoms. The normalized spacial score (nSPS) is 13.0. The van der Waals surface area contributed by atoms with Crippen molar-refractivity contribution in [3.63, 3.8) is 0 Å². The van der Waals surface area contributed by atoms with Crippen molar-refractivity contribution in [2.75, 3.05) is 55.7 Å². The summed E-state index contributed by atoms with van der Waals surface area (Å²) in [5.41, 5.74) is 0.0631. The van der Waals surface area contributed by atoms with Gasteiger partial charge >= 0.3 is 17.6 Å². The van der Waals surface area contributed by atoms with E-state index in [4.69, 9.17) is 26.6 Å². The highest BCUT2D eigenvalue weighted by atomic mass is 28.4. The van der Waals surface area contributed by atoms with E-state index in [-0.39, 0.29) is 11.3 Å². The van der Waals surface area contributed by atoms with E-state index in [1.807, 2.05) is 11.8 Å². The molecule has 0 fully saturated rings. The van der Waals surface area contributed by atoms with Crippen LogP contribution in [0.5, 0.6) is 0 Å². The van der Waals surface area contributed by atoms with E-state index in [0.717, 1.165) is 57.3 Å². The maximum atomic E-state index is 11.9. The number of hydrogen-bond donors (Lipinski definition) is 0. The number of hydrogen-bond acceptors (Lipinski definition) is 7. The Bertz CT molecular complexity index is 432. The number of rotatable bonds is 18. The van der Waals surface area contributed by atoms with Gasteiger partial charge < -0.3 is 31.5 Å². The first-order valence-corrected chi connectivity index (χ1v) is 14.6. The molecule has 180 valence electrons. The van der Waals surface area contributed by atoms with E-state index < -0.39 is 17.6 Å². The van der Waals surface area contributed by atoms with Crippen molar-refractivity contribution in [1.29, 1.82) is 0 Å². The number of amides is 1. The molecule has 0 N–H and O–H groups in total.